The molecule has 1 unspecified atom stereocenters. The number of carbonyl (C=O) groups excluding carboxylic acids is 1. The number of likely N-dealkylation sites (tertiary alicyclic amines) is 1. The number of halogens is 3. The summed E-state index contributed by atoms with van der Waals surface area (Å²) in [6.45, 7) is 0.667. The third kappa shape index (κ3) is 5.23. The van der Waals surface area contributed by atoms with E-state index in [1.54, 1.807) is 6.07 Å². The fourth-order valence-corrected chi connectivity index (χ4v) is 2.93. The fourth-order valence-electron chi connectivity index (χ4n) is 2.93. The third-order valence-electron chi connectivity index (χ3n) is 4.24. The zero-order valence-electron chi connectivity index (χ0n) is 14.1. The van der Waals surface area contributed by atoms with Gasteiger partial charge in [0.15, 0.2) is 0 Å². The maximum absolute atomic E-state index is 12.8. The first-order valence-corrected chi connectivity index (χ1v) is 8.32. The summed E-state index contributed by atoms with van der Waals surface area (Å²) in [7, 11) is 0. The number of benzene rings is 1. The first kappa shape index (κ1) is 19.8. The summed E-state index contributed by atoms with van der Waals surface area (Å²) in [5.41, 5.74) is -1.10. The molecule has 2 rings (SSSR count). The highest BCUT2D eigenvalue weighted by Gasteiger charge is 2.30. The SMILES string of the molecule is N#C/C(=C/N1CCCCC1CCO)C(=O)Nc1cccc(C(F)(F)F)c1. The summed E-state index contributed by atoms with van der Waals surface area (Å²) in [4.78, 5) is 14.1. The largest absolute Gasteiger partial charge is 0.416 e. The predicted octanol–water partition coefficient (Wildman–Crippen LogP) is 3.29. The van der Waals surface area contributed by atoms with E-state index < -0.39 is 17.6 Å². The van der Waals surface area contributed by atoms with Crippen LogP contribution in [-0.2, 0) is 11.0 Å². The molecule has 1 aliphatic rings. The van der Waals surface area contributed by atoms with Crippen LogP contribution in [0.5, 0.6) is 0 Å². The number of alkyl halides is 3. The Morgan fingerprint density at radius 2 is 2.19 bits per heavy atom. The van der Waals surface area contributed by atoms with Gasteiger partial charge in [0.2, 0.25) is 0 Å². The maximum Gasteiger partial charge on any atom is 0.416 e. The van der Waals surface area contributed by atoms with E-state index in [0.29, 0.717) is 13.0 Å². The van der Waals surface area contributed by atoms with Gasteiger partial charge >= 0.3 is 6.18 Å². The second kappa shape index (κ2) is 8.72. The van der Waals surface area contributed by atoms with Gasteiger partial charge in [0.1, 0.15) is 11.6 Å². The van der Waals surface area contributed by atoms with Gasteiger partial charge in [0.05, 0.1) is 5.56 Å². The number of nitrogens with zero attached hydrogens (tertiary/aromatic N) is 2. The Morgan fingerprint density at radius 3 is 2.85 bits per heavy atom. The molecule has 0 bridgehead atoms. The number of hydrogen-bond acceptors (Lipinski definition) is 4. The molecule has 0 saturated carbocycles. The van der Waals surface area contributed by atoms with E-state index in [1.165, 1.54) is 18.3 Å². The van der Waals surface area contributed by atoms with Gasteiger partial charge in [-0.25, -0.2) is 0 Å². The van der Waals surface area contributed by atoms with Crippen LogP contribution in [0.25, 0.3) is 0 Å². The molecule has 1 aromatic carbocycles. The van der Waals surface area contributed by atoms with Crippen LogP contribution in [-0.4, -0.2) is 35.1 Å². The highest BCUT2D eigenvalue weighted by atomic mass is 19.4. The lowest BCUT2D eigenvalue weighted by atomic mass is 10.00. The van der Waals surface area contributed by atoms with Crippen LogP contribution in [0.3, 0.4) is 0 Å². The Kier molecular flexibility index (Phi) is 6.64. The van der Waals surface area contributed by atoms with E-state index >= 15 is 0 Å². The minimum absolute atomic E-state index is 0.00727. The molecule has 0 radical (unpaired) electrons. The van der Waals surface area contributed by atoms with Crippen molar-refractivity contribution in [1.29, 1.82) is 5.26 Å². The quantitative estimate of drug-likeness (QED) is 0.619. The molecule has 0 spiro atoms. The number of amides is 1. The van der Waals surface area contributed by atoms with Gasteiger partial charge < -0.3 is 15.3 Å². The number of nitriles is 1. The van der Waals surface area contributed by atoms with Gasteiger partial charge in [-0.1, -0.05) is 6.07 Å². The second-order valence-electron chi connectivity index (χ2n) is 6.09. The number of rotatable bonds is 5. The molecule has 1 saturated heterocycles. The summed E-state index contributed by atoms with van der Waals surface area (Å²) >= 11 is 0. The third-order valence-corrected chi connectivity index (χ3v) is 4.24. The smallest absolute Gasteiger partial charge is 0.396 e. The first-order chi connectivity index (χ1) is 12.3. The normalized spacial score (nSPS) is 18.3. The topological polar surface area (TPSA) is 76.4 Å². The summed E-state index contributed by atoms with van der Waals surface area (Å²) < 4.78 is 38.3. The fraction of sp³-hybridized carbons (Fsp3) is 0.444. The average molecular weight is 367 g/mol. The number of aliphatic hydroxyl groups excluding tert-OH is 1. The number of nitrogens with one attached hydrogen (secondary N) is 1. The van der Waals surface area contributed by atoms with Crippen molar-refractivity contribution in [2.75, 3.05) is 18.5 Å². The molecule has 26 heavy (non-hydrogen) atoms. The van der Waals surface area contributed by atoms with Crippen LogP contribution in [0.4, 0.5) is 18.9 Å². The Labute approximate surface area is 149 Å². The predicted molar refractivity (Wildman–Crippen MR) is 89.8 cm³/mol. The molecule has 8 heteroatoms. The summed E-state index contributed by atoms with van der Waals surface area (Å²) in [5.74, 6) is -0.764. The molecule has 0 aromatic heterocycles. The summed E-state index contributed by atoms with van der Waals surface area (Å²) in [6.07, 6.45) is 0.220. The van der Waals surface area contributed by atoms with Crippen LogP contribution in [0.2, 0.25) is 0 Å². The van der Waals surface area contributed by atoms with Gasteiger partial charge in [-0.3, -0.25) is 4.79 Å². The molecule has 0 aliphatic carbocycles. The van der Waals surface area contributed by atoms with Crippen LogP contribution < -0.4 is 5.32 Å². The molecule has 140 valence electrons. The van der Waals surface area contributed by atoms with E-state index in [1.807, 2.05) is 4.90 Å². The molecule has 2 N–H and O–H groups in total. The lowest BCUT2D eigenvalue weighted by Gasteiger charge is -2.34. The monoisotopic (exact) mass is 367 g/mol. The Balaban J connectivity index is 2.15. The van der Waals surface area contributed by atoms with Crippen molar-refractivity contribution < 1.29 is 23.1 Å². The number of piperidine rings is 1. The Hall–Kier alpha value is -2.53. The van der Waals surface area contributed by atoms with Crippen LogP contribution in [0, 0.1) is 11.3 Å². The molecule has 1 heterocycles. The number of hydrogen-bond donors (Lipinski definition) is 2. The minimum Gasteiger partial charge on any atom is -0.396 e. The molecule has 1 aromatic rings. The molecule has 1 atom stereocenters. The minimum atomic E-state index is -4.51. The van der Waals surface area contributed by atoms with Crippen molar-refractivity contribution in [3.63, 3.8) is 0 Å². The van der Waals surface area contributed by atoms with E-state index in [9.17, 15) is 23.2 Å². The summed E-state index contributed by atoms with van der Waals surface area (Å²) in [6, 6.07) is 6.09. The van der Waals surface area contributed by atoms with E-state index in [-0.39, 0.29) is 23.9 Å². The van der Waals surface area contributed by atoms with Gasteiger partial charge in [-0.05, 0) is 43.9 Å². The molecule has 1 amide bonds. The van der Waals surface area contributed by atoms with Gasteiger partial charge in [0, 0.05) is 31.1 Å². The Bertz CT molecular complexity index is 708. The Morgan fingerprint density at radius 1 is 1.42 bits per heavy atom. The first-order valence-electron chi connectivity index (χ1n) is 8.32. The highest BCUT2D eigenvalue weighted by molar-refractivity contribution is 6.06. The molecular weight excluding hydrogens is 347 g/mol. The van der Waals surface area contributed by atoms with Crippen molar-refractivity contribution >= 4 is 11.6 Å². The van der Waals surface area contributed by atoms with Crippen molar-refractivity contribution in [3.8, 4) is 6.07 Å². The maximum atomic E-state index is 12.8. The van der Waals surface area contributed by atoms with Crippen molar-refractivity contribution in [1.82, 2.24) is 4.90 Å². The van der Waals surface area contributed by atoms with Gasteiger partial charge in [-0.15, -0.1) is 0 Å². The molecule has 5 nitrogen and oxygen atoms in total. The standard InChI is InChI=1S/C18H20F3N3O2/c19-18(20,21)14-4-3-5-15(10-14)23-17(26)13(11-22)12-24-8-2-1-6-16(24)7-9-25/h3-5,10,12,16,25H,1-2,6-9H2,(H,23,26)/b13-12-. The van der Waals surface area contributed by atoms with Gasteiger partial charge in [0.25, 0.3) is 5.91 Å². The van der Waals surface area contributed by atoms with Gasteiger partial charge in [-0.2, -0.15) is 18.4 Å². The van der Waals surface area contributed by atoms with Crippen molar-refractivity contribution in [3.05, 3.63) is 41.6 Å². The van der Waals surface area contributed by atoms with Crippen LogP contribution in [0.15, 0.2) is 36.0 Å². The molecule has 1 fully saturated rings. The number of carbonyl (C=O) groups is 1. The number of aliphatic hydroxyl groups is 1. The molecule has 1 aliphatic heterocycles. The van der Waals surface area contributed by atoms with E-state index in [4.69, 9.17) is 5.11 Å². The molecular formula is C18H20F3N3O2. The average Bonchev–Trinajstić information content (AvgIpc) is 2.60. The lowest BCUT2D eigenvalue weighted by Crippen LogP contribution is -2.37. The van der Waals surface area contributed by atoms with E-state index in [2.05, 4.69) is 5.32 Å². The van der Waals surface area contributed by atoms with Crippen molar-refractivity contribution in [2.24, 2.45) is 0 Å². The van der Waals surface area contributed by atoms with Crippen molar-refractivity contribution in [2.45, 2.75) is 37.9 Å². The highest BCUT2D eigenvalue weighted by Crippen LogP contribution is 2.30. The van der Waals surface area contributed by atoms with Crippen LogP contribution >= 0.6 is 0 Å². The lowest BCUT2D eigenvalue weighted by molar-refractivity contribution is -0.137. The number of anilines is 1. The van der Waals surface area contributed by atoms with E-state index in [0.717, 1.165) is 31.4 Å². The second-order valence-corrected chi connectivity index (χ2v) is 6.09. The summed E-state index contributed by atoms with van der Waals surface area (Å²) in [5, 5.41) is 20.7. The van der Waals surface area contributed by atoms with Crippen LogP contribution in [0.1, 0.15) is 31.2 Å². The zero-order chi connectivity index (χ0) is 19.2. The zero-order valence-corrected chi connectivity index (χ0v) is 14.1.